The molecule has 1 N–H and O–H groups in total. The van der Waals surface area contributed by atoms with Crippen molar-refractivity contribution in [3.05, 3.63) is 35.4 Å². The lowest BCUT2D eigenvalue weighted by Gasteiger charge is -2.39. The van der Waals surface area contributed by atoms with E-state index in [1.165, 1.54) is 12.1 Å². The smallest absolute Gasteiger partial charge is 0.309 e. The topological polar surface area (TPSA) is 12.0 Å². The Hall–Kier alpha value is -0.680. The molecule has 2 rings (SSSR count). The fourth-order valence-electron chi connectivity index (χ4n) is 2.37. The summed E-state index contributed by atoms with van der Waals surface area (Å²) in [5.74, 6) is 2.18. The molecule has 1 saturated heterocycles. The summed E-state index contributed by atoms with van der Waals surface area (Å²) in [4.78, 5) is 0. The van der Waals surface area contributed by atoms with E-state index in [1.807, 2.05) is 11.8 Å². The molecule has 1 aliphatic heterocycles. The normalized spacial score (nSPS) is 22.8. The van der Waals surface area contributed by atoms with Crippen molar-refractivity contribution < 1.29 is 13.2 Å². The van der Waals surface area contributed by atoms with E-state index in [0.29, 0.717) is 18.2 Å². The molecule has 0 saturated carbocycles. The summed E-state index contributed by atoms with van der Waals surface area (Å²) >= 11 is 1.91. The van der Waals surface area contributed by atoms with Crippen LogP contribution in [0.25, 0.3) is 0 Å². The molecule has 0 amide bonds. The van der Waals surface area contributed by atoms with Gasteiger partial charge in [-0.05, 0) is 29.2 Å². The molecule has 1 aromatic rings. The number of hydrogen-bond donors (Lipinski definition) is 1. The molecule has 1 fully saturated rings. The average molecular weight is 303 g/mol. The third kappa shape index (κ3) is 3.92. The highest BCUT2D eigenvalue weighted by molar-refractivity contribution is 7.99. The van der Waals surface area contributed by atoms with E-state index in [0.717, 1.165) is 24.0 Å². The summed E-state index contributed by atoms with van der Waals surface area (Å²) in [5.41, 5.74) is 0.313. The van der Waals surface area contributed by atoms with Crippen molar-refractivity contribution in [1.29, 1.82) is 0 Å². The van der Waals surface area contributed by atoms with E-state index < -0.39 is 11.7 Å². The second-order valence-corrected chi connectivity index (χ2v) is 7.09. The van der Waals surface area contributed by atoms with Gasteiger partial charge in [-0.1, -0.05) is 32.0 Å². The summed E-state index contributed by atoms with van der Waals surface area (Å²) in [6, 6.07) is 5.90. The van der Waals surface area contributed by atoms with Crippen LogP contribution in [-0.2, 0) is 12.7 Å². The van der Waals surface area contributed by atoms with Gasteiger partial charge in [0.1, 0.15) is 0 Å². The zero-order chi connectivity index (χ0) is 14.8. The number of benzene rings is 1. The van der Waals surface area contributed by atoms with Crippen molar-refractivity contribution in [3.63, 3.8) is 0 Å². The van der Waals surface area contributed by atoms with Gasteiger partial charge in [-0.2, -0.15) is 24.9 Å². The minimum atomic E-state index is -4.27. The van der Waals surface area contributed by atoms with Crippen molar-refractivity contribution in [2.45, 2.75) is 39.0 Å². The maximum atomic E-state index is 12.7. The van der Waals surface area contributed by atoms with Crippen LogP contribution in [0.4, 0.5) is 13.2 Å². The second-order valence-electron chi connectivity index (χ2n) is 5.95. The lowest BCUT2D eigenvalue weighted by molar-refractivity contribution is -0.137. The Morgan fingerprint density at radius 1 is 1.35 bits per heavy atom. The van der Waals surface area contributed by atoms with Crippen molar-refractivity contribution in [3.8, 4) is 0 Å². The van der Waals surface area contributed by atoms with Gasteiger partial charge in [0.25, 0.3) is 0 Å². The number of halogens is 3. The van der Waals surface area contributed by atoms with E-state index in [9.17, 15) is 13.2 Å². The summed E-state index contributed by atoms with van der Waals surface area (Å²) in [7, 11) is 0. The fraction of sp³-hybridized carbons (Fsp3) is 0.600. The first-order valence-electron chi connectivity index (χ1n) is 6.76. The molecule has 1 nitrogen and oxygen atoms in total. The Labute approximate surface area is 122 Å². The molecule has 1 aliphatic rings. The summed E-state index contributed by atoms with van der Waals surface area (Å²) in [5, 5.41) is 3.42. The largest absolute Gasteiger partial charge is 0.416 e. The lowest BCUT2D eigenvalue weighted by atomic mass is 9.82. The maximum Gasteiger partial charge on any atom is 0.416 e. The molecular formula is C15H20F3NS. The van der Waals surface area contributed by atoms with E-state index in [4.69, 9.17) is 0 Å². The Balaban J connectivity index is 2.00. The third-order valence-electron chi connectivity index (χ3n) is 3.93. The van der Waals surface area contributed by atoms with Gasteiger partial charge >= 0.3 is 6.18 Å². The predicted octanol–water partition coefficient (Wildman–Crippen LogP) is 4.33. The first-order valence-corrected chi connectivity index (χ1v) is 7.92. The van der Waals surface area contributed by atoms with Crippen molar-refractivity contribution >= 4 is 11.8 Å². The number of thioether (sulfide) groups is 1. The van der Waals surface area contributed by atoms with Gasteiger partial charge < -0.3 is 5.32 Å². The number of hydrogen-bond acceptors (Lipinski definition) is 2. The highest BCUT2D eigenvalue weighted by Gasteiger charge is 2.33. The van der Waals surface area contributed by atoms with Crippen LogP contribution in [-0.4, -0.2) is 17.5 Å². The van der Waals surface area contributed by atoms with Crippen LogP contribution < -0.4 is 5.32 Å². The van der Waals surface area contributed by atoms with E-state index in [1.54, 1.807) is 6.07 Å². The third-order valence-corrected chi connectivity index (χ3v) is 4.99. The van der Waals surface area contributed by atoms with Crippen LogP contribution in [0.15, 0.2) is 24.3 Å². The average Bonchev–Trinajstić information content (AvgIpc) is 2.36. The van der Waals surface area contributed by atoms with Gasteiger partial charge in [-0.15, -0.1) is 0 Å². The standard InChI is InChI=1S/C15H20F3NS/c1-14(2)6-7-20-10-13(14)19-9-11-4-3-5-12(8-11)15(16,17)18/h3-5,8,13,19H,6-7,9-10H2,1-2H3. The minimum absolute atomic E-state index is 0.201. The van der Waals surface area contributed by atoms with E-state index in [2.05, 4.69) is 19.2 Å². The van der Waals surface area contributed by atoms with Gasteiger partial charge in [0.05, 0.1) is 5.56 Å². The number of nitrogens with one attached hydrogen (secondary N) is 1. The molecule has 1 heterocycles. The molecule has 5 heteroatoms. The molecule has 1 aromatic carbocycles. The minimum Gasteiger partial charge on any atom is -0.309 e. The molecule has 20 heavy (non-hydrogen) atoms. The molecule has 112 valence electrons. The number of alkyl halides is 3. The van der Waals surface area contributed by atoms with Crippen molar-refractivity contribution in [1.82, 2.24) is 5.32 Å². The highest BCUT2D eigenvalue weighted by atomic mass is 32.2. The second kappa shape index (κ2) is 5.98. The van der Waals surface area contributed by atoms with Crippen LogP contribution in [0.3, 0.4) is 0 Å². The van der Waals surface area contributed by atoms with Crippen LogP contribution in [0, 0.1) is 5.41 Å². The van der Waals surface area contributed by atoms with Crippen LogP contribution in [0.1, 0.15) is 31.4 Å². The Morgan fingerprint density at radius 3 is 2.75 bits per heavy atom. The summed E-state index contributed by atoms with van der Waals surface area (Å²) in [6.45, 7) is 4.92. The van der Waals surface area contributed by atoms with Gasteiger partial charge in [0.15, 0.2) is 0 Å². The van der Waals surface area contributed by atoms with Crippen molar-refractivity contribution in [2.24, 2.45) is 5.41 Å². The quantitative estimate of drug-likeness (QED) is 0.892. The highest BCUT2D eigenvalue weighted by Crippen LogP contribution is 2.34. The Bertz CT molecular complexity index is 457. The molecule has 0 bridgehead atoms. The zero-order valence-corrected chi connectivity index (χ0v) is 12.6. The summed E-state index contributed by atoms with van der Waals surface area (Å²) < 4.78 is 38.0. The molecule has 1 unspecified atom stereocenters. The molecule has 0 radical (unpaired) electrons. The van der Waals surface area contributed by atoms with Gasteiger partial charge in [0.2, 0.25) is 0 Å². The van der Waals surface area contributed by atoms with Gasteiger partial charge in [0, 0.05) is 18.3 Å². The predicted molar refractivity (Wildman–Crippen MR) is 77.8 cm³/mol. The van der Waals surface area contributed by atoms with E-state index >= 15 is 0 Å². The van der Waals surface area contributed by atoms with Gasteiger partial charge in [-0.3, -0.25) is 0 Å². The van der Waals surface area contributed by atoms with Gasteiger partial charge in [-0.25, -0.2) is 0 Å². The Morgan fingerprint density at radius 2 is 2.10 bits per heavy atom. The molecule has 1 atom stereocenters. The maximum absolute atomic E-state index is 12.7. The van der Waals surface area contributed by atoms with Crippen LogP contribution >= 0.6 is 11.8 Å². The first kappa shape index (κ1) is 15.7. The zero-order valence-electron chi connectivity index (χ0n) is 11.8. The Kier molecular flexibility index (Phi) is 4.69. The fourth-order valence-corrected chi connectivity index (χ4v) is 4.01. The molecule has 0 spiro atoms. The van der Waals surface area contributed by atoms with E-state index in [-0.39, 0.29) is 5.41 Å². The monoisotopic (exact) mass is 303 g/mol. The number of rotatable bonds is 3. The van der Waals surface area contributed by atoms with Crippen molar-refractivity contribution in [2.75, 3.05) is 11.5 Å². The SMILES string of the molecule is CC1(C)CCSCC1NCc1cccc(C(F)(F)F)c1. The molecule has 0 aliphatic carbocycles. The lowest BCUT2D eigenvalue weighted by Crippen LogP contribution is -2.46. The first-order chi connectivity index (χ1) is 9.29. The van der Waals surface area contributed by atoms with Crippen LogP contribution in [0.2, 0.25) is 0 Å². The molecule has 0 aromatic heterocycles. The molecular weight excluding hydrogens is 283 g/mol. The summed E-state index contributed by atoms with van der Waals surface area (Å²) in [6.07, 6.45) is -3.13. The van der Waals surface area contributed by atoms with Crippen LogP contribution in [0.5, 0.6) is 0 Å².